The average Bonchev–Trinajstić information content (AvgIpc) is 3.51. The molecule has 6 aromatic heterocycles. The van der Waals surface area contributed by atoms with Gasteiger partial charge in [0.25, 0.3) is 0 Å². The molecular formula is C20H14N8O3S. The Morgan fingerprint density at radius 1 is 1.25 bits per heavy atom. The molecule has 12 heteroatoms. The third-order valence-electron chi connectivity index (χ3n) is 5.12. The van der Waals surface area contributed by atoms with Crippen molar-refractivity contribution in [1.29, 1.82) is 0 Å². The minimum Gasteiger partial charge on any atom is -0.456 e. The Morgan fingerprint density at radius 2 is 2.12 bits per heavy atom. The van der Waals surface area contributed by atoms with Crippen LogP contribution in [0.25, 0.3) is 37.7 Å². The van der Waals surface area contributed by atoms with Gasteiger partial charge in [-0.05, 0) is 37.6 Å². The fraction of sp³-hybridized carbons (Fsp3) is 0.150. The molecule has 0 fully saturated rings. The van der Waals surface area contributed by atoms with Crippen molar-refractivity contribution in [2.75, 3.05) is 0 Å². The third-order valence-corrected chi connectivity index (χ3v) is 6.19. The summed E-state index contributed by atoms with van der Waals surface area (Å²) in [4.78, 5) is 25.2. The lowest BCUT2D eigenvalue weighted by atomic mass is 10.1. The summed E-state index contributed by atoms with van der Waals surface area (Å²) in [7, 11) is 0. The summed E-state index contributed by atoms with van der Waals surface area (Å²) in [5.74, 6) is 1.50. The number of nitrogens with zero attached hydrogens (tertiary/aromatic N) is 8. The highest BCUT2D eigenvalue weighted by atomic mass is 32.1. The molecular weight excluding hydrogens is 432 g/mol. The molecule has 0 atom stereocenters. The van der Waals surface area contributed by atoms with E-state index in [9.17, 15) is 10.1 Å². The van der Waals surface area contributed by atoms with E-state index in [1.165, 1.54) is 17.1 Å². The molecule has 0 aliphatic heterocycles. The van der Waals surface area contributed by atoms with E-state index in [4.69, 9.17) is 9.40 Å². The molecule has 6 heterocycles. The maximum absolute atomic E-state index is 10.8. The van der Waals surface area contributed by atoms with Crippen LogP contribution in [0, 0.1) is 24.0 Å². The Labute approximate surface area is 183 Å². The van der Waals surface area contributed by atoms with E-state index in [-0.39, 0.29) is 12.2 Å². The first-order valence-corrected chi connectivity index (χ1v) is 10.5. The van der Waals surface area contributed by atoms with E-state index >= 15 is 0 Å². The zero-order valence-electron chi connectivity index (χ0n) is 16.9. The SMILES string of the molecule is Cc1cc(C)c2c(n1)sc1c2ncn2nc(-c3ccc(Cn4cc([N+](=O)[O-])cn4)o3)nc12. The number of aromatic nitrogens is 7. The molecule has 0 saturated heterocycles. The number of hydrogen-bond donors (Lipinski definition) is 0. The van der Waals surface area contributed by atoms with Gasteiger partial charge in [-0.3, -0.25) is 14.8 Å². The molecule has 0 N–H and O–H groups in total. The predicted octanol–water partition coefficient (Wildman–Crippen LogP) is 3.92. The van der Waals surface area contributed by atoms with Crippen molar-refractivity contribution < 1.29 is 9.34 Å². The minimum absolute atomic E-state index is 0.0708. The van der Waals surface area contributed by atoms with Crippen molar-refractivity contribution in [2.45, 2.75) is 20.4 Å². The van der Waals surface area contributed by atoms with Crippen LogP contribution in [-0.2, 0) is 6.54 Å². The van der Waals surface area contributed by atoms with Crippen LogP contribution in [0.4, 0.5) is 5.69 Å². The highest BCUT2D eigenvalue weighted by Crippen LogP contribution is 2.36. The van der Waals surface area contributed by atoms with E-state index in [1.54, 1.807) is 34.3 Å². The van der Waals surface area contributed by atoms with Gasteiger partial charge < -0.3 is 4.42 Å². The summed E-state index contributed by atoms with van der Waals surface area (Å²) >= 11 is 1.55. The fourth-order valence-corrected chi connectivity index (χ4v) is 4.97. The summed E-state index contributed by atoms with van der Waals surface area (Å²) in [6.45, 7) is 4.29. The molecule has 158 valence electrons. The number of hydrogen-bond acceptors (Lipinski definition) is 9. The topological polar surface area (TPSA) is 130 Å². The highest BCUT2D eigenvalue weighted by molar-refractivity contribution is 7.26. The zero-order chi connectivity index (χ0) is 22.0. The van der Waals surface area contributed by atoms with Gasteiger partial charge in [0, 0.05) is 11.1 Å². The molecule has 32 heavy (non-hydrogen) atoms. The van der Waals surface area contributed by atoms with Gasteiger partial charge in [0.15, 0.2) is 11.4 Å². The summed E-state index contributed by atoms with van der Waals surface area (Å²) in [6.07, 6.45) is 4.20. The van der Waals surface area contributed by atoms with Crippen LogP contribution in [0.2, 0.25) is 0 Å². The molecule has 0 aliphatic carbocycles. The van der Waals surface area contributed by atoms with E-state index in [0.717, 1.165) is 31.7 Å². The van der Waals surface area contributed by atoms with Crippen LogP contribution in [0.5, 0.6) is 0 Å². The monoisotopic (exact) mass is 446 g/mol. The van der Waals surface area contributed by atoms with Crippen LogP contribution in [0.1, 0.15) is 17.0 Å². The Bertz CT molecular complexity index is 1670. The van der Waals surface area contributed by atoms with Crippen LogP contribution in [0.15, 0.2) is 41.3 Å². The first-order valence-electron chi connectivity index (χ1n) is 9.64. The molecule has 0 aromatic carbocycles. The lowest BCUT2D eigenvalue weighted by molar-refractivity contribution is -0.385. The zero-order valence-corrected chi connectivity index (χ0v) is 17.7. The Balaban J connectivity index is 1.40. The number of fused-ring (bicyclic) bond motifs is 5. The number of aryl methyl sites for hydroxylation is 2. The van der Waals surface area contributed by atoms with Crippen molar-refractivity contribution in [3.63, 3.8) is 0 Å². The maximum atomic E-state index is 10.8. The van der Waals surface area contributed by atoms with Gasteiger partial charge in [0.05, 0.1) is 17.0 Å². The normalized spacial score (nSPS) is 11.8. The van der Waals surface area contributed by atoms with Crippen LogP contribution in [-0.4, -0.2) is 39.3 Å². The number of nitro groups is 1. The molecule has 6 aromatic rings. The second-order valence-electron chi connectivity index (χ2n) is 7.41. The number of furan rings is 1. The fourth-order valence-electron chi connectivity index (χ4n) is 3.75. The van der Waals surface area contributed by atoms with Crippen LogP contribution >= 0.6 is 11.3 Å². The molecule has 11 nitrogen and oxygen atoms in total. The Morgan fingerprint density at radius 3 is 2.94 bits per heavy atom. The minimum atomic E-state index is -0.487. The van der Waals surface area contributed by atoms with E-state index in [1.807, 2.05) is 13.0 Å². The average molecular weight is 446 g/mol. The summed E-state index contributed by atoms with van der Waals surface area (Å²) in [5, 5.41) is 20.4. The summed E-state index contributed by atoms with van der Waals surface area (Å²) < 4.78 is 9.87. The van der Waals surface area contributed by atoms with Crippen molar-refractivity contribution in [1.82, 2.24) is 34.3 Å². The molecule has 0 bridgehead atoms. The molecule has 6 rings (SSSR count). The molecule has 0 saturated carbocycles. The third kappa shape index (κ3) is 2.84. The Kier molecular flexibility index (Phi) is 3.86. The van der Waals surface area contributed by atoms with Crippen LogP contribution < -0.4 is 0 Å². The highest BCUT2D eigenvalue weighted by Gasteiger charge is 2.18. The van der Waals surface area contributed by atoms with Crippen LogP contribution in [0.3, 0.4) is 0 Å². The molecule has 0 radical (unpaired) electrons. The van der Waals surface area contributed by atoms with Gasteiger partial charge in [-0.15, -0.1) is 16.4 Å². The largest absolute Gasteiger partial charge is 0.456 e. The molecule has 0 amide bonds. The quantitative estimate of drug-likeness (QED) is 0.294. The van der Waals surface area contributed by atoms with Gasteiger partial charge in [-0.1, -0.05) is 0 Å². The first-order chi connectivity index (χ1) is 15.5. The smallest absolute Gasteiger partial charge is 0.307 e. The Hall–Kier alpha value is -4.19. The molecule has 0 aliphatic rings. The van der Waals surface area contributed by atoms with Crippen molar-refractivity contribution in [3.05, 3.63) is 64.1 Å². The van der Waals surface area contributed by atoms with Gasteiger partial charge in [-0.25, -0.2) is 19.5 Å². The van der Waals surface area contributed by atoms with E-state index < -0.39 is 4.92 Å². The van der Waals surface area contributed by atoms with Gasteiger partial charge in [-0.2, -0.15) is 5.10 Å². The van der Waals surface area contributed by atoms with Gasteiger partial charge >= 0.3 is 5.69 Å². The van der Waals surface area contributed by atoms with E-state index in [2.05, 4.69) is 27.1 Å². The van der Waals surface area contributed by atoms with E-state index in [0.29, 0.717) is 23.0 Å². The number of pyridine rings is 1. The summed E-state index contributed by atoms with van der Waals surface area (Å²) in [5.41, 5.74) is 3.57. The van der Waals surface area contributed by atoms with Crippen molar-refractivity contribution in [2.24, 2.45) is 0 Å². The maximum Gasteiger partial charge on any atom is 0.307 e. The number of rotatable bonds is 4. The first kappa shape index (κ1) is 18.6. The van der Waals surface area contributed by atoms with Crippen molar-refractivity contribution >= 4 is 43.1 Å². The number of thiophene rings is 1. The lowest BCUT2D eigenvalue weighted by Crippen LogP contribution is -1.98. The predicted molar refractivity (Wildman–Crippen MR) is 117 cm³/mol. The lowest BCUT2D eigenvalue weighted by Gasteiger charge is -1.98. The van der Waals surface area contributed by atoms with Crippen molar-refractivity contribution in [3.8, 4) is 11.6 Å². The van der Waals surface area contributed by atoms with Gasteiger partial charge in [0.2, 0.25) is 5.82 Å². The second kappa shape index (κ2) is 6.65. The van der Waals surface area contributed by atoms with Gasteiger partial charge in [0.1, 0.15) is 34.0 Å². The standard InChI is InChI=1S/C20H14N8O3S/c1-10-5-11(2)23-20-15(10)16-17(32-20)19-24-18(25-27(19)9-21-16)14-4-3-13(31-14)8-26-7-12(6-22-26)28(29)30/h3-7,9H,8H2,1-2H3. The molecule has 0 unspecified atom stereocenters. The molecule has 0 spiro atoms. The second-order valence-corrected chi connectivity index (χ2v) is 8.41. The summed E-state index contributed by atoms with van der Waals surface area (Å²) in [6, 6.07) is 5.60.